The molecular weight excluding hydrogens is 194 g/mol. The minimum absolute atomic E-state index is 0.626. The van der Waals surface area contributed by atoms with Crippen LogP contribution in [0.15, 0.2) is 18.2 Å². The molecule has 1 nitrogen and oxygen atoms in total. The Morgan fingerprint density at radius 3 is 2.31 bits per heavy atom. The first-order valence-corrected chi connectivity index (χ1v) is 6.28. The molecule has 0 aromatic heterocycles. The Bertz CT molecular complexity index is 328. The number of aryl methyl sites for hydroxylation is 3. The summed E-state index contributed by atoms with van der Waals surface area (Å²) in [6.45, 7) is 8.92. The number of rotatable bonds is 5. The maximum absolute atomic E-state index is 3.40. The number of hydrogen-bond acceptors (Lipinski definition) is 1. The van der Waals surface area contributed by atoms with E-state index in [0.29, 0.717) is 12.0 Å². The molecule has 1 aromatic carbocycles. The summed E-state index contributed by atoms with van der Waals surface area (Å²) in [6, 6.07) is 7.44. The average molecular weight is 219 g/mol. The first-order chi connectivity index (χ1) is 7.54. The summed E-state index contributed by atoms with van der Waals surface area (Å²) < 4.78 is 0. The topological polar surface area (TPSA) is 12.0 Å². The van der Waals surface area contributed by atoms with E-state index in [1.807, 2.05) is 0 Å². The summed E-state index contributed by atoms with van der Waals surface area (Å²) in [5.74, 6) is 0.705. The Labute approximate surface area is 100 Å². The van der Waals surface area contributed by atoms with Crippen LogP contribution in [0.4, 0.5) is 0 Å². The minimum Gasteiger partial charge on any atom is -0.317 e. The third kappa shape index (κ3) is 3.64. The maximum atomic E-state index is 3.40. The zero-order valence-electron chi connectivity index (χ0n) is 11.3. The summed E-state index contributed by atoms with van der Waals surface area (Å²) in [6.07, 6.45) is 2.39. The number of benzene rings is 1. The molecular formula is C15H25N. The molecule has 1 unspecified atom stereocenters. The van der Waals surface area contributed by atoms with Crippen molar-refractivity contribution in [1.82, 2.24) is 5.32 Å². The lowest BCUT2D eigenvalue weighted by molar-refractivity contribution is 0.403. The Balaban J connectivity index is 2.57. The third-order valence-electron chi connectivity index (χ3n) is 3.49. The largest absolute Gasteiger partial charge is 0.317 e. The van der Waals surface area contributed by atoms with Crippen LogP contribution in [0.25, 0.3) is 0 Å². The highest BCUT2D eigenvalue weighted by atomic mass is 14.9. The Kier molecular flexibility index (Phi) is 5.01. The first kappa shape index (κ1) is 13.2. The molecule has 16 heavy (non-hydrogen) atoms. The molecule has 0 saturated heterocycles. The fraction of sp³-hybridized carbons (Fsp3) is 0.600. The molecule has 1 atom stereocenters. The van der Waals surface area contributed by atoms with Crippen LogP contribution < -0.4 is 5.32 Å². The van der Waals surface area contributed by atoms with Gasteiger partial charge in [0.1, 0.15) is 0 Å². The molecule has 90 valence electrons. The minimum atomic E-state index is 0.626. The summed E-state index contributed by atoms with van der Waals surface area (Å²) in [5.41, 5.74) is 4.25. The van der Waals surface area contributed by atoms with Crippen LogP contribution in [0.3, 0.4) is 0 Å². The molecule has 1 heteroatoms. The van der Waals surface area contributed by atoms with Gasteiger partial charge < -0.3 is 5.32 Å². The van der Waals surface area contributed by atoms with E-state index in [1.54, 1.807) is 0 Å². The van der Waals surface area contributed by atoms with Gasteiger partial charge in [-0.3, -0.25) is 0 Å². The SMILES string of the molecule is CNC(CCc1ccc(C)c(C)c1)C(C)C. The molecule has 0 fully saturated rings. The molecule has 0 bridgehead atoms. The fourth-order valence-corrected chi connectivity index (χ4v) is 2.09. The second-order valence-electron chi connectivity index (χ2n) is 5.10. The van der Waals surface area contributed by atoms with Gasteiger partial charge in [0.05, 0.1) is 0 Å². The van der Waals surface area contributed by atoms with Crippen LogP contribution in [-0.4, -0.2) is 13.1 Å². The van der Waals surface area contributed by atoms with Crippen molar-refractivity contribution in [3.63, 3.8) is 0 Å². The second-order valence-corrected chi connectivity index (χ2v) is 5.10. The molecule has 1 aromatic rings. The van der Waals surface area contributed by atoms with Gasteiger partial charge in [-0.25, -0.2) is 0 Å². The fourth-order valence-electron chi connectivity index (χ4n) is 2.09. The van der Waals surface area contributed by atoms with Gasteiger partial charge in [0, 0.05) is 6.04 Å². The van der Waals surface area contributed by atoms with Crippen molar-refractivity contribution < 1.29 is 0 Å². The van der Waals surface area contributed by atoms with Crippen molar-refractivity contribution in [3.8, 4) is 0 Å². The van der Waals surface area contributed by atoms with Crippen LogP contribution in [0.2, 0.25) is 0 Å². The monoisotopic (exact) mass is 219 g/mol. The molecule has 0 aliphatic rings. The zero-order valence-corrected chi connectivity index (χ0v) is 11.3. The van der Waals surface area contributed by atoms with Crippen LogP contribution in [0.1, 0.15) is 37.0 Å². The molecule has 1 rings (SSSR count). The molecule has 0 spiro atoms. The second kappa shape index (κ2) is 6.05. The van der Waals surface area contributed by atoms with E-state index in [4.69, 9.17) is 0 Å². The summed E-state index contributed by atoms with van der Waals surface area (Å²) in [7, 11) is 2.06. The first-order valence-electron chi connectivity index (χ1n) is 6.28. The summed E-state index contributed by atoms with van der Waals surface area (Å²) in [4.78, 5) is 0. The standard InChI is InChI=1S/C15H25N/c1-11(2)15(16-5)9-8-14-7-6-12(3)13(4)10-14/h6-7,10-11,15-16H,8-9H2,1-5H3. The molecule has 0 aliphatic heterocycles. The average Bonchev–Trinajstić information content (AvgIpc) is 2.23. The third-order valence-corrected chi connectivity index (χ3v) is 3.49. The lowest BCUT2D eigenvalue weighted by atomic mass is 9.95. The quantitative estimate of drug-likeness (QED) is 0.799. The predicted molar refractivity (Wildman–Crippen MR) is 71.9 cm³/mol. The lowest BCUT2D eigenvalue weighted by Gasteiger charge is -2.20. The smallest absolute Gasteiger partial charge is 0.00902 e. The van der Waals surface area contributed by atoms with Crippen molar-refractivity contribution in [1.29, 1.82) is 0 Å². The number of nitrogens with one attached hydrogen (secondary N) is 1. The van der Waals surface area contributed by atoms with Crippen LogP contribution in [-0.2, 0) is 6.42 Å². The van der Waals surface area contributed by atoms with Gasteiger partial charge in [-0.15, -0.1) is 0 Å². The van der Waals surface area contributed by atoms with Crippen LogP contribution in [0.5, 0.6) is 0 Å². The number of hydrogen-bond donors (Lipinski definition) is 1. The maximum Gasteiger partial charge on any atom is 0.00902 e. The lowest BCUT2D eigenvalue weighted by Crippen LogP contribution is -2.31. The summed E-state index contributed by atoms with van der Waals surface area (Å²) in [5, 5.41) is 3.40. The van der Waals surface area contributed by atoms with E-state index < -0.39 is 0 Å². The van der Waals surface area contributed by atoms with E-state index in [1.165, 1.54) is 29.5 Å². The Morgan fingerprint density at radius 1 is 1.12 bits per heavy atom. The molecule has 0 aliphatic carbocycles. The molecule has 0 saturated carbocycles. The highest BCUT2D eigenvalue weighted by molar-refractivity contribution is 5.29. The van der Waals surface area contributed by atoms with Gasteiger partial charge in [0.25, 0.3) is 0 Å². The molecule has 0 amide bonds. The van der Waals surface area contributed by atoms with Gasteiger partial charge in [-0.05, 0) is 56.3 Å². The highest BCUT2D eigenvalue weighted by Crippen LogP contribution is 2.14. The van der Waals surface area contributed by atoms with E-state index in [-0.39, 0.29) is 0 Å². The van der Waals surface area contributed by atoms with Gasteiger partial charge >= 0.3 is 0 Å². The molecule has 0 heterocycles. The normalized spacial score (nSPS) is 13.1. The van der Waals surface area contributed by atoms with Gasteiger partial charge in [0.2, 0.25) is 0 Å². The van der Waals surface area contributed by atoms with Crippen molar-refractivity contribution >= 4 is 0 Å². The summed E-state index contributed by atoms with van der Waals surface area (Å²) >= 11 is 0. The highest BCUT2D eigenvalue weighted by Gasteiger charge is 2.10. The van der Waals surface area contributed by atoms with E-state index >= 15 is 0 Å². The Hall–Kier alpha value is -0.820. The van der Waals surface area contributed by atoms with Gasteiger partial charge in [-0.2, -0.15) is 0 Å². The van der Waals surface area contributed by atoms with Crippen LogP contribution in [0, 0.1) is 19.8 Å². The van der Waals surface area contributed by atoms with Crippen molar-refractivity contribution in [2.24, 2.45) is 5.92 Å². The van der Waals surface area contributed by atoms with Crippen molar-refractivity contribution in [2.45, 2.75) is 46.6 Å². The van der Waals surface area contributed by atoms with E-state index in [2.05, 4.69) is 58.3 Å². The van der Waals surface area contributed by atoms with Gasteiger partial charge in [-0.1, -0.05) is 32.0 Å². The predicted octanol–water partition coefficient (Wildman–Crippen LogP) is 3.48. The van der Waals surface area contributed by atoms with E-state index in [0.717, 1.165) is 0 Å². The van der Waals surface area contributed by atoms with Gasteiger partial charge in [0.15, 0.2) is 0 Å². The molecule has 0 radical (unpaired) electrons. The van der Waals surface area contributed by atoms with E-state index in [9.17, 15) is 0 Å². The Morgan fingerprint density at radius 2 is 1.81 bits per heavy atom. The van der Waals surface area contributed by atoms with Crippen molar-refractivity contribution in [3.05, 3.63) is 34.9 Å². The van der Waals surface area contributed by atoms with Crippen molar-refractivity contribution in [2.75, 3.05) is 7.05 Å². The zero-order chi connectivity index (χ0) is 12.1. The molecule has 1 N–H and O–H groups in total. The van der Waals surface area contributed by atoms with Crippen LogP contribution >= 0.6 is 0 Å².